The van der Waals surface area contributed by atoms with Gasteiger partial charge >= 0.3 is 0 Å². The van der Waals surface area contributed by atoms with Gasteiger partial charge in [-0.1, -0.05) is 31.2 Å². The topological polar surface area (TPSA) is 18.5 Å². The van der Waals surface area contributed by atoms with Crippen LogP contribution in [0.15, 0.2) is 48.3 Å². The number of benzene rings is 1. The Morgan fingerprint density at radius 3 is 2.55 bits per heavy atom. The summed E-state index contributed by atoms with van der Waals surface area (Å²) in [7, 11) is 1.69. The van der Waals surface area contributed by atoms with E-state index in [1.807, 2.05) is 18.4 Å². The van der Waals surface area contributed by atoms with Crippen LogP contribution in [0.4, 0.5) is 0 Å². The van der Waals surface area contributed by atoms with Crippen molar-refractivity contribution in [2.45, 2.75) is 39.5 Å². The van der Waals surface area contributed by atoms with Crippen LogP contribution < -0.4 is 4.74 Å². The highest BCUT2D eigenvalue weighted by Gasteiger charge is 1.96. The highest BCUT2D eigenvalue weighted by atomic mass is 16.5. The molecule has 0 bridgehead atoms. The molecule has 0 aliphatic rings. The Labute approximate surface area is 123 Å². The summed E-state index contributed by atoms with van der Waals surface area (Å²) >= 11 is 0. The van der Waals surface area contributed by atoms with Crippen molar-refractivity contribution in [1.82, 2.24) is 0 Å². The molecule has 0 N–H and O–H groups in total. The monoisotopic (exact) mass is 274 g/mol. The van der Waals surface area contributed by atoms with Gasteiger partial charge in [0.15, 0.2) is 0 Å². The standard InChI is InChI=1S/C18H26O2/c1-4-5-6-7-14-20-15-16(2)8-9-17-10-12-18(19-3)13-11-17/h5-6,10-13,15H,4,7-9,14H2,1-3H3/b6-5-,16-15?. The Hall–Kier alpha value is -1.70. The summed E-state index contributed by atoms with van der Waals surface area (Å²) in [6, 6.07) is 8.24. The van der Waals surface area contributed by atoms with Crippen LogP contribution in [0.5, 0.6) is 5.75 Å². The van der Waals surface area contributed by atoms with Crippen LogP contribution in [0, 0.1) is 0 Å². The Morgan fingerprint density at radius 2 is 1.90 bits per heavy atom. The second kappa shape index (κ2) is 10.1. The Kier molecular flexibility index (Phi) is 8.28. The molecule has 2 nitrogen and oxygen atoms in total. The fourth-order valence-electron chi connectivity index (χ4n) is 1.81. The van der Waals surface area contributed by atoms with Crippen molar-refractivity contribution >= 4 is 0 Å². The summed E-state index contributed by atoms with van der Waals surface area (Å²) in [5.74, 6) is 0.907. The molecule has 0 spiro atoms. The summed E-state index contributed by atoms with van der Waals surface area (Å²) in [6.07, 6.45) is 10.4. The Morgan fingerprint density at radius 1 is 1.15 bits per heavy atom. The first-order chi connectivity index (χ1) is 9.76. The zero-order valence-electron chi connectivity index (χ0n) is 12.9. The molecular weight excluding hydrogens is 248 g/mol. The van der Waals surface area contributed by atoms with Gasteiger partial charge in [0.25, 0.3) is 0 Å². The molecule has 0 unspecified atom stereocenters. The first-order valence-electron chi connectivity index (χ1n) is 7.31. The minimum atomic E-state index is 0.760. The predicted octanol–water partition coefficient (Wildman–Crippen LogP) is 4.90. The van der Waals surface area contributed by atoms with E-state index in [1.165, 1.54) is 11.1 Å². The molecule has 110 valence electrons. The smallest absolute Gasteiger partial charge is 0.118 e. The molecule has 0 heterocycles. The SMILES string of the molecule is CC/C=C\CCOC=C(C)CCc1ccc(OC)cc1. The van der Waals surface area contributed by atoms with Crippen LogP contribution in [-0.4, -0.2) is 13.7 Å². The molecule has 0 saturated carbocycles. The third-order valence-electron chi connectivity index (χ3n) is 3.06. The van der Waals surface area contributed by atoms with Gasteiger partial charge in [0, 0.05) is 0 Å². The van der Waals surface area contributed by atoms with E-state index in [9.17, 15) is 0 Å². The first kappa shape index (κ1) is 16.4. The number of ether oxygens (including phenoxy) is 2. The van der Waals surface area contributed by atoms with Gasteiger partial charge in [-0.15, -0.1) is 0 Å². The van der Waals surface area contributed by atoms with Crippen LogP contribution in [0.2, 0.25) is 0 Å². The number of methoxy groups -OCH3 is 1. The van der Waals surface area contributed by atoms with Gasteiger partial charge in [0.05, 0.1) is 20.0 Å². The summed E-state index contributed by atoms with van der Waals surface area (Å²) in [5.41, 5.74) is 2.60. The Bertz CT molecular complexity index is 416. The van der Waals surface area contributed by atoms with Crippen molar-refractivity contribution in [3.63, 3.8) is 0 Å². The minimum absolute atomic E-state index is 0.760. The van der Waals surface area contributed by atoms with Gasteiger partial charge in [-0.05, 0) is 55.9 Å². The van der Waals surface area contributed by atoms with Crippen molar-refractivity contribution in [1.29, 1.82) is 0 Å². The molecular formula is C18H26O2. The molecule has 20 heavy (non-hydrogen) atoms. The average Bonchev–Trinajstić information content (AvgIpc) is 2.49. The van der Waals surface area contributed by atoms with E-state index in [1.54, 1.807) is 7.11 Å². The number of hydrogen-bond donors (Lipinski definition) is 0. The lowest BCUT2D eigenvalue weighted by Crippen LogP contribution is -1.90. The van der Waals surface area contributed by atoms with E-state index in [2.05, 4.69) is 38.1 Å². The highest BCUT2D eigenvalue weighted by molar-refractivity contribution is 5.27. The number of rotatable bonds is 9. The van der Waals surface area contributed by atoms with E-state index >= 15 is 0 Å². The predicted molar refractivity (Wildman–Crippen MR) is 85.1 cm³/mol. The molecule has 0 saturated heterocycles. The minimum Gasteiger partial charge on any atom is -0.501 e. The number of aryl methyl sites for hydroxylation is 1. The molecule has 0 aliphatic heterocycles. The molecule has 0 atom stereocenters. The lowest BCUT2D eigenvalue weighted by atomic mass is 10.1. The van der Waals surface area contributed by atoms with Crippen LogP contribution in [-0.2, 0) is 11.2 Å². The van der Waals surface area contributed by atoms with E-state index in [4.69, 9.17) is 9.47 Å². The molecule has 0 aliphatic carbocycles. The molecule has 0 aromatic heterocycles. The lowest BCUT2D eigenvalue weighted by molar-refractivity contribution is 0.252. The van der Waals surface area contributed by atoms with E-state index < -0.39 is 0 Å². The van der Waals surface area contributed by atoms with Gasteiger partial charge in [0.2, 0.25) is 0 Å². The molecule has 1 aromatic rings. The van der Waals surface area contributed by atoms with E-state index in [-0.39, 0.29) is 0 Å². The van der Waals surface area contributed by atoms with E-state index in [0.29, 0.717) is 0 Å². The van der Waals surface area contributed by atoms with Crippen LogP contribution in [0.3, 0.4) is 0 Å². The normalized spacial score (nSPS) is 11.8. The fraction of sp³-hybridized carbons (Fsp3) is 0.444. The van der Waals surface area contributed by atoms with Crippen molar-refractivity contribution < 1.29 is 9.47 Å². The maximum absolute atomic E-state index is 5.53. The van der Waals surface area contributed by atoms with Gasteiger partial charge in [-0.3, -0.25) is 0 Å². The molecule has 2 heteroatoms. The summed E-state index contributed by atoms with van der Waals surface area (Å²) in [4.78, 5) is 0. The van der Waals surface area contributed by atoms with Gasteiger partial charge < -0.3 is 9.47 Å². The van der Waals surface area contributed by atoms with Crippen molar-refractivity contribution in [3.05, 3.63) is 53.8 Å². The molecule has 1 rings (SSSR count). The lowest BCUT2D eigenvalue weighted by Gasteiger charge is -2.05. The van der Waals surface area contributed by atoms with Gasteiger partial charge in [-0.25, -0.2) is 0 Å². The average molecular weight is 274 g/mol. The molecule has 0 fully saturated rings. The van der Waals surface area contributed by atoms with Crippen LogP contribution in [0.25, 0.3) is 0 Å². The van der Waals surface area contributed by atoms with E-state index in [0.717, 1.165) is 38.0 Å². The van der Waals surface area contributed by atoms with Crippen molar-refractivity contribution in [3.8, 4) is 5.75 Å². The molecule has 0 amide bonds. The van der Waals surface area contributed by atoms with Crippen molar-refractivity contribution in [2.24, 2.45) is 0 Å². The number of hydrogen-bond acceptors (Lipinski definition) is 2. The largest absolute Gasteiger partial charge is 0.501 e. The first-order valence-corrected chi connectivity index (χ1v) is 7.31. The third kappa shape index (κ3) is 7.03. The zero-order valence-corrected chi connectivity index (χ0v) is 12.9. The second-order valence-electron chi connectivity index (χ2n) is 4.85. The second-order valence-corrected chi connectivity index (χ2v) is 4.85. The summed E-state index contributed by atoms with van der Waals surface area (Å²) < 4.78 is 10.7. The Balaban J connectivity index is 2.23. The van der Waals surface area contributed by atoms with Crippen LogP contribution >= 0.6 is 0 Å². The maximum atomic E-state index is 5.53. The van der Waals surface area contributed by atoms with Crippen molar-refractivity contribution in [2.75, 3.05) is 13.7 Å². The number of allylic oxidation sites excluding steroid dienone is 2. The highest BCUT2D eigenvalue weighted by Crippen LogP contribution is 2.14. The zero-order chi connectivity index (χ0) is 14.6. The van der Waals surface area contributed by atoms with Crippen LogP contribution in [0.1, 0.15) is 38.7 Å². The van der Waals surface area contributed by atoms with Gasteiger partial charge in [0.1, 0.15) is 5.75 Å². The third-order valence-corrected chi connectivity index (χ3v) is 3.06. The summed E-state index contributed by atoms with van der Waals surface area (Å²) in [5, 5.41) is 0. The quantitative estimate of drug-likeness (QED) is 0.362. The molecule has 0 radical (unpaired) electrons. The molecule has 1 aromatic carbocycles. The summed E-state index contributed by atoms with van der Waals surface area (Å²) in [6.45, 7) is 5.02. The fourth-order valence-corrected chi connectivity index (χ4v) is 1.81. The maximum Gasteiger partial charge on any atom is 0.118 e. The van der Waals surface area contributed by atoms with Gasteiger partial charge in [-0.2, -0.15) is 0 Å².